The number of nitrogens with two attached hydrogens (primary N) is 1. The minimum absolute atomic E-state index is 0.157. The minimum atomic E-state index is -0.157. The summed E-state index contributed by atoms with van der Waals surface area (Å²) in [6.07, 6.45) is 5.08. The first kappa shape index (κ1) is 11.6. The number of nitrogens with one attached hydrogen (secondary N) is 1. The number of aromatic nitrogens is 1. The molecule has 1 atom stereocenters. The van der Waals surface area contributed by atoms with Crippen LogP contribution in [0.15, 0.2) is 35.2 Å². The number of pyridine rings is 1. The summed E-state index contributed by atoms with van der Waals surface area (Å²) in [7, 11) is 1.60. The van der Waals surface area contributed by atoms with Gasteiger partial charge in [0.2, 0.25) is 0 Å². The number of methoxy groups -OCH3 is 1. The van der Waals surface area contributed by atoms with Crippen molar-refractivity contribution < 1.29 is 9.15 Å². The minimum Gasteiger partial charge on any atom is -0.495 e. The first-order chi connectivity index (χ1) is 8.24. The molecule has 5 nitrogen and oxygen atoms in total. The van der Waals surface area contributed by atoms with Crippen LogP contribution in [0.5, 0.6) is 5.75 Å². The molecule has 2 rings (SSSR count). The van der Waals surface area contributed by atoms with Crippen molar-refractivity contribution in [3.8, 4) is 5.75 Å². The lowest BCUT2D eigenvalue weighted by atomic mass is 10.0. The van der Waals surface area contributed by atoms with Crippen LogP contribution in [0.1, 0.15) is 22.9 Å². The van der Waals surface area contributed by atoms with E-state index < -0.39 is 0 Å². The molecule has 90 valence electrons. The maximum atomic E-state index is 5.58. The van der Waals surface area contributed by atoms with Gasteiger partial charge in [-0.15, -0.1) is 0 Å². The highest BCUT2D eigenvalue weighted by atomic mass is 16.5. The predicted octanol–water partition coefficient (Wildman–Crippen LogP) is 1.54. The summed E-state index contributed by atoms with van der Waals surface area (Å²) in [4.78, 5) is 4.11. The lowest BCUT2D eigenvalue weighted by Crippen LogP contribution is -2.28. The molecular formula is C12H15N3O2. The van der Waals surface area contributed by atoms with Crippen molar-refractivity contribution >= 4 is 0 Å². The number of nitrogens with zero attached hydrogens (tertiary/aromatic N) is 1. The zero-order chi connectivity index (χ0) is 12.3. The Bertz CT molecular complexity index is 496. The fourth-order valence-electron chi connectivity index (χ4n) is 1.71. The summed E-state index contributed by atoms with van der Waals surface area (Å²) >= 11 is 0. The Labute approximate surface area is 99.6 Å². The Morgan fingerprint density at radius 1 is 1.35 bits per heavy atom. The number of hydrazine groups is 1. The van der Waals surface area contributed by atoms with E-state index in [2.05, 4.69) is 10.4 Å². The summed E-state index contributed by atoms with van der Waals surface area (Å²) in [5, 5.41) is 0. The zero-order valence-electron chi connectivity index (χ0n) is 9.81. The van der Waals surface area contributed by atoms with Gasteiger partial charge in [-0.05, 0) is 24.6 Å². The number of aryl methyl sites for hydroxylation is 1. The van der Waals surface area contributed by atoms with Crippen molar-refractivity contribution in [1.29, 1.82) is 0 Å². The molecule has 0 spiro atoms. The average Bonchev–Trinajstić information content (AvgIpc) is 2.77. The lowest BCUT2D eigenvalue weighted by Gasteiger charge is -2.14. The second-order valence-corrected chi connectivity index (χ2v) is 3.75. The fourth-order valence-corrected chi connectivity index (χ4v) is 1.71. The highest BCUT2D eigenvalue weighted by Gasteiger charge is 2.15. The fraction of sp³-hybridized carbons (Fsp3) is 0.250. The Morgan fingerprint density at radius 2 is 2.18 bits per heavy atom. The molecule has 0 bridgehead atoms. The maximum Gasteiger partial charge on any atom is 0.137 e. The average molecular weight is 233 g/mol. The van der Waals surface area contributed by atoms with Crippen molar-refractivity contribution in [1.82, 2.24) is 10.4 Å². The summed E-state index contributed by atoms with van der Waals surface area (Å²) < 4.78 is 10.4. The van der Waals surface area contributed by atoms with Gasteiger partial charge in [0.05, 0.1) is 25.6 Å². The van der Waals surface area contributed by atoms with Crippen LogP contribution < -0.4 is 16.0 Å². The third-order valence-corrected chi connectivity index (χ3v) is 2.55. The standard InChI is InChI=1S/C12H15N3O2/c1-8-3-10(7-17-8)12(15-13)9-4-11(16-2)6-14-5-9/h3-7,12,15H,13H2,1-2H3. The van der Waals surface area contributed by atoms with E-state index in [4.69, 9.17) is 15.0 Å². The van der Waals surface area contributed by atoms with Crippen LogP contribution >= 0.6 is 0 Å². The summed E-state index contributed by atoms with van der Waals surface area (Å²) in [5.74, 6) is 7.12. The predicted molar refractivity (Wildman–Crippen MR) is 63.4 cm³/mol. The monoisotopic (exact) mass is 233 g/mol. The maximum absolute atomic E-state index is 5.58. The van der Waals surface area contributed by atoms with Crippen molar-refractivity contribution in [2.45, 2.75) is 13.0 Å². The molecule has 1 unspecified atom stereocenters. The smallest absolute Gasteiger partial charge is 0.137 e. The van der Waals surface area contributed by atoms with Gasteiger partial charge in [0.15, 0.2) is 0 Å². The zero-order valence-corrected chi connectivity index (χ0v) is 9.81. The number of hydrogen-bond acceptors (Lipinski definition) is 5. The number of ether oxygens (including phenoxy) is 1. The van der Waals surface area contributed by atoms with Gasteiger partial charge in [-0.25, -0.2) is 5.43 Å². The van der Waals surface area contributed by atoms with Crippen LogP contribution in [-0.4, -0.2) is 12.1 Å². The third-order valence-electron chi connectivity index (χ3n) is 2.55. The van der Waals surface area contributed by atoms with Gasteiger partial charge in [0, 0.05) is 11.8 Å². The van der Waals surface area contributed by atoms with Gasteiger partial charge in [-0.2, -0.15) is 0 Å². The topological polar surface area (TPSA) is 73.3 Å². The van der Waals surface area contributed by atoms with Crippen LogP contribution in [0.2, 0.25) is 0 Å². The quantitative estimate of drug-likeness (QED) is 0.619. The molecule has 0 fully saturated rings. The van der Waals surface area contributed by atoms with Crippen molar-refractivity contribution in [3.05, 3.63) is 47.7 Å². The molecule has 0 aliphatic rings. The van der Waals surface area contributed by atoms with Crippen LogP contribution in [0.3, 0.4) is 0 Å². The number of rotatable bonds is 4. The van der Waals surface area contributed by atoms with E-state index in [0.717, 1.165) is 16.9 Å². The number of hydrogen-bond donors (Lipinski definition) is 2. The molecule has 0 aliphatic heterocycles. The highest BCUT2D eigenvalue weighted by Crippen LogP contribution is 2.24. The lowest BCUT2D eigenvalue weighted by molar-refractivity contribution is 0.411. The van der Waals surface area contributed by atoms with Crippen molar-refractivity contribution in [3.63, 3.8) is 0 Å². The Hall–Kier alpha value is -1.85. The first-order valence-corrected chi connectivity index (χ1v) is 5.24. The largest absolute Gasteiger partial charge is 0.495 e. The van der Waals surface area contributed by atoms with E-state index in [1.165, 1.54) is 0 Å². The van der Waals surface area contributed by atoms with Crippen molar-refractivity contribution in [2.24, 2.45) is 5.84 Å². The summed E-state index contributed by atoms with van der Waals surface area (Å²) in [6.45, 7) is 1.89. The molecule has 17 heavy (non-hydrogen) atoms. The molecule has 0 aromatic carbocycles. The van der Waals surface area contributed by atoms with E-state index in [9.17, 15) is 0 Å². The molecule has 0 saturated carbocycles. The number of furan rings is 1. The van der Waals surface area contributed by atoms with Gasteiger partial charge >= 0.3 is 0 Å². The van der Waals surface area contributed by atoms with Gasteiger partial charge in [0.1, 0.15) is 11.5 Å². The second-order valence-electron chi connectivity index (χ2n) is 3.75. The SMILES string of the molecule is COc1cncc(C(NN)c2coc(C)c2)c1. The van der Waals surface area contributed by atoms with Gasteiger partial charge in [-0.3, -0.25) is 10.8 Å². The molecule has 0 aliphatic carbocycles. The van der Waals surface area contributed by atoms with Crippen LogP contribution in [0.4, 0.5) is 0 Å². The Morgan fingerprint density at radius 3 is 2.76 bits per heavy atom. The molecule has 0 saturated heterocycles. The van der Waals surface area contributed by atoms with E-state index in [1.54, 1.807) is 25.8 Å². The molecule has 5 heteroatoms. The van der Waals surface area contributed by atoms with Gasteiger partial charge in [-0.1, -0.05) is 0 Å². The first-order valence-electron chi connectivity index (χ1n) is 5.24. The van der Waals surface area contributed by atoms with E-state index in [0.29, 0.717) is 5.75 Å². The van der Waals surface area contributed by atoms with Crippen molar-refractivity contribution in [2.75, 3.05) is 7.11 Å². The molecular weight excluding hydrogens is 218 g/mol. The Kier molecular flexibility index (Phi) is 3.41. The third kappa shape index (κ3) is 2.46. The highest BCUT2D eigenvalue weighted by molar-refractivity contribution is 5.33. The molecule has 0 amide bonds. The van der Waals surface area contributed by atoms with E-state index in [-0.39, 0.29) is 6.04 Å². The molecule has 2 aromatic heterocycles. The molecule has 2 aromatic rings. The van der Waals surface area contributed by atoms with Crippen LogP contribution in [0, 0.1) is 6.92 Å². The molecule has 0 radical (unpaired) electrons. The van der Waals surface area contributed by atoms with Gasteiger partial charge < -0.3 is 9.15 Å². The second kappa shape index (κ2) is 4.99. The van der Waals surface area contributed by atoms with Crippen LogP contribution in [0.25, 0.3) is 0 Å². The van der Waals surface area contributed by atoms with E-state index >= 15 is 0 Å². The molecule has 3 N–H and O–H groups in total. The molecule has 2 heterocycles. The van der Waals surface area contributed by atoms with Gasteiger partial charge in [0.25, 0.3) is 0 Å². The van der Waals surface area contributed by atoms with E-state index in [1.807, 2.05) is 19.1 Å². The summed E-state index contributed by atoms with van der Waals surface area (Å²) in [5.41, 5.74) is 4.63. The Balaban J connectivity index is 2.34. The normalized spacial score (nSPS) is 12.4. The summed E-state index contributed by atoms with van der Waals surface area (Å²) in [6, 6.07) is 3.67. The van der Waals surface area contributed by atoms with Crippen LogP contribution in [-0.2, 0) is 0 Å².